The van der Waals surface area contributed by atoms with E-state index in [1.54, 1.807) is 18.5 Å². The van der Waals surface area contributed by atoms with E-state index in [2.05, 4.69) is 15.3 Å². The fourth-order valence-corrected chi connectivity index (χ4v) is 1.99. The minimum absolute atomic E-state index is 0.233. The summed E-state index contributed by atoms with van der Waals surface area (Å²) in [7, 11) is 0. The molecular formula is C16H13N3O. The summed E-state index contributed by atoms with van der Waals surface area (Å²) in [4.78, 5) is 20.6. The average Bonchev–Trinajstić information content (AvgIpc) is 2.48. The van der Waals surface area contributed by atoms with Crippen LogP contribution in [0.4, 0.5) is 5.69 Å². The molecule has 98 valence electrons. The van der Waals surface area contributed by atoms with Crippen molar-refractivity contribution in [1.29, 1.82) is 0 Å². The molecule has 0 spiro atoms. The Balaban J connectivity index is 1.93. The lowest BCUT2D eigenvalue weighted by atomic mass is 10.2. The molecule has 2 heterocycles. The second kappa shape index (κ2) is 5.09. The van der Waals surface area contributed by atoms with Gasteiger partial charge >= 0.3 is 0 Å². The third-order valence-electron chi connectivity index (χ3n) is 3.02. The molecule has 1 aromatic carbocycles. The van der Waals surface area contributed by atoms with Gasteiger partial charge in [-0.15, -0.1) is 0 Å². The summed E-state index contributed by atoms with van der Waals surface area (Å²) in [6.45, 7) is 1.93. The van der Waals surface area contributed by atoms with E-state index >= 15 is 0 Å². The Bertz CT molecular complexity index is 761. The highest BCUT2D eigenvalue weighted by atomic mass is 16.1. The Labute approximate surface area is 116 Å². The van der Waals surface area contributed by atoms with Gasteiger partial charge in [0.2, 0.25) is 0 Å². The number of hydrogen-bond donors (Lipinski definition) is 1. The Kier molecular flexibility index (Phi) is 3.13. The van der Waals surface area contributed by atoms with Crippen LogP contribution in [0.3, 0.4) is 0 Å². The van der Waals surface area contributed by atoms with Gasteiger partial charge in [0.15, 0.2) is 0 Å². The Morgan fingerprint density at radius 1 is 1.05 bits per heavy atom. The van der Waals surface area contributed by atoms with Crippen molar-refractivity contribution in [2.75, 3.05) is 5.32 Å². The fourth-order valence-electron chi connectivity index (χ4n) is 1.99. The number of hydrogen-bond acceptors (Lipinski definition) is 3. The van der Waals surface area contributed by atoms with E-state index in [9.17, 15) is 4.79 Å². The number of para-hydroxylation sites is 1. The first-order valence-electron chi connectivity index (χ1n) is 6.32. The Morgan fingerprint density at radius 3 is 2.70 bits per heavy atom. The number of pyridine rings is 2. The molecule has 20 heavy (non-hydrogen) atoms. The first-order valence-corrected chi connectivity index (χ1v) is 6.32. The summed E-state index contributed by atoms with van der Waals surface area (Å²) in [5.74, 6) is -0.233. The molecule has 1 amide bonds. The molecule has 3 rings (SSSR count). The molecule has 2 aromatic heterocycles. The number of nitrogens with one attached hydrogen (secondary N) is 1. The van der Waals surface area contributed by atoms with Gasteiger partial charge in [0.05, 0.1) is 11.2 Å². The van der Waals surface area contributed by atoms with Gasteiger partial charge in [-0.25, -0.2) is 0 Å². The molecule has 0 bridgehead atoms. The van der Waals surface area contributed by atoms with E-state index in [0.717, 1.165) is 16.5 Å². The molecule has 0 aliphatic heterocycles. The molecule has 4 nitrogen and oxygen atoms in total. The molecule has 3 aromatic rings. The smallest absolute Gasteiger partial charge is 0.274 e. The first kappa shape index (κ1) is 12.3. The van der Waals surface area contributed by atoms with Crippen LogP contribution in [-0.2, 0) is 0 Å². The molecule has 0 aliphatic carbocycles. The lowest BCUT2D eigenvalue weighted by Crippen LogP contribution is -2.14. The third-order valence-corrected chi connectivity index (χ3v) is 3.02. The topological polar surface area (TPSA) is 54.9 Å². The van der Waals surface area contributed by atoms with Crippen LogP contribution in [0.2, 0.25) is 0 Å². The van der Waals surface area contributed by atoms with E-state index in [4.69, 9.17) is 0 Å². The van der Waals surface area contributed by atoms with E-state index in [1.165, 1.54) is 0 Å². The fraction of sp³-hybridized carbons (Fsp3) is 0.0625. The number of amides is 1. The quantitative estimate of drug-likeness (QED) is 0.772. The number of carbonyl (C=O) groups is 1. The molecule has 0 radical (unpaired) electrons. The van der Waals surface area contributed by atoms with E-state index < -0.39 is 0 Å². The molecule has 0 saturated carbocycles. The molecule has 0 aliphatic rings. The van der Waals surface area contributed by atoms with Gasteiger partial charge in [-0.2, -0.15) is 0 Å². The van der Waals surface area contributed by atoms with Gasteiger partial charge in [-0.05, 0) is 30.7 Å². The van der Waals surface area contributed by atoms with Gasteiger partial charge in [-0.3, -0.25) is 14.8 Å². The SMILES string of the molecule is Cc1ccc(C(=O)Nc2cccc3cccnc23)nc1. The molecule has 4 heteroatoms. The van der Waals surface area contributed by atoms with E-state index in [0.29, 0.717) is 11.4 Å². The zero-order valence-corrected chi connectivity index (χ0v) is 11.0. The maximum atomic E-state index is 12.2. The van der Waals surface area contributed by atoms with Crippen LogP contribution in [0.5, 0.6) is 0 Å². The second-order valence-electron chi connectivity index (χ2n) is 4.56. The zero-order valence-electron chi connectivity index (χ0n) is 11.0. The number of rotatable bonds is 2. The lowest BCUT2D eigenvalue weighted by molar-refractivity contribution is 0.102. The van der Waals surface area contributed by atoms with Gasteiger partial charge in [-0.1, -0.05) is 24.3 Å². The van der Waals surface area contributed by atoms with Crippen LogP contribution in [0.1, 0.15) is 16.1 Å². The van der Waals surface area contributed by atoms with Gasteiger partial charge in [0.25, 0.3) is 5.91 Å². The molecule has 0 saturated heterocycles. The van der Waals surface area contributed by atoms with Crippen molar-refractivity contribution >= 4 is 22.5 Å². The summed E-state index contributed by atoms with van der Waals surface area (Å²) in [5.41, 5.74) is 2.88. The van der Waals surface area contributed by atoms with Crippen LogP contribution in [-0.4, -0.2) is 15.9 Å². The number of aromatic nitrogens is 2. The highest BCUT2D eigenvalue weighted by molar-refractivity contribution is 6.07. The van der Waals surface area contributed by atoms with Crippen molar-refractivity contribution in [1.82, 2.24) is 9.97 Å². The molecule has 1 N–H and O–H groups in total. The lowest BCUT2D eigenvalue weighted by Gasteiger charge is -2.07. The monoisotopic (exact) mass is 263 g/mol. The first-order chi connectivity index (χ1) is 9.74. The normalized spacial score (nSPS) is 10.4. The number of aryl methyl sites for hydroxylation is 1. The molecular weight excluding hydrogens is 250 g/mol. The predicted octanol–water partition coefficient (Wildman–Crippen LogP) is 3.19. The van der Waals surface area contributed by atoms with Crippen LogP contribution in [0.15, 0.2) is 54.9 Å². The van der Waals surface area contributed by atoms with Crippen molar-refractivity contribution in [3.8, 4) is 0 Å². The maximum Gasteiger partial charge on any atom is 0.274 e. The number of fused-ring (bicyclic) bond motifs is 1. The van der Waals surface area contributed by atoms with Crippen molar-refractivity contribution < 1.29 is 4.79 Å². The van der Waals surface area contributed by atoms with Crippen molar-refractivity contribution in [3.05, 3.63) is 66.1 Å². The highest BCUT2D eigenvalue weighted by Crippen LogP contribution is 2.21. The zero-order chi connectivity index (χ0) is 13.9. The summed E-state index contributed by atoms with van der Waals surface area (Å²) in [6.07, 6.45) is 3.39. The van der Waals surface area contributed by atoms with Crippen molar-refractivity contribution in [2.45, 2.75) is 6.92 Å². The van der Waals surface area contributed by atoms with Gasteiger partial charge < -0.3 is 5.32 Å². The molecule has 0 fully saturated rings. The second-order valence-corrected chi connectivity index (χ2v) is 4.56. The van der Waals surface area contributed by atoms with Crippen LogP contribution in [0.25, 0.3) is 10.9 Å². The maximum absolute atomic E-state index is 12.2. The largest absolute Gasteiger partial charge is 0.319 e. The predicted molar refractivity (Wildman–Crippen MR) is 78.7 cm³/mol. The minimum Gasteiger partial charge on any atom is -0.319 e. The van der Waals surface area contributed by atoms with Crippen LogP contribution in [0, 0.1) is 6.92 Å². The highest BCUT2D eigenvalue weighted by Gasteiger charge is 2.09. The average molecular weight is 263 g/mol. The Morgan fingerprint density at radius 2 is 1.90 bits per heavy atom. The Hall–Kier alpha value is -2.75. The summed E-state index contributed by atoms with van der Waals surface area (Å²) < 4.78 is 0. The van der Waals surface area contributed by atoms with E-state index in [1.807, 2.05) is 43.3 Å². The number of nitrogens with zero attached hydrogens (tertiary/aromatic N) is 2. The molecule has 0 atom stereocenters. The number of anilines is 1. The van der Waals surface area contributed by atoms with Gasteiger partial charge in [0, 0.05) is 17.8 Å². The summed E-state index contributed by atoms with van der Waals surface area (Å²) >= 11 is 0. The standard InChI is InChI=1S/C16H13N3O/c1-11-7-8-14(18-10-11)16(20)19-13-6-2-4-12-5-3-9-17-15(12)13/h2-10H,1H3,(H,19,20). The number of carbonyl (C=O) groups excluding carboxylic acids is 1. The van der Waals surface area contributed by atoms with Crippen molar-refractivity contribution in [3.63, 3.8) is 0 Å². The van der Waals surface area contributed by atoms with Crippen molar-refractivity contribution in [2.24, 2.45) is 0 Å². The summed E-state index contributed by atoms with van der Waals surface area (Å²) in [6, 6.07) is 13.1. The minimum atomic E-state index is -0.233. The third kappa shape index (κ3) is 2.36. The van der Waals surface area contributed by atoms with Crippen LogP contribution < -0.4 is 5.32 Å². The van der Waals surface area contributed by atoms with E-state index in [-0.39, 0.29) is 5.91 Å². The summed E-state index contributed by atoms with van der Waals surface area (Å²) in [5, 5.41) is 3.84. The van der Waals surface area contributed by atoms with Crippen LogP contribution >= 0.6 is 0 Å². The molecule has 0 unspecified atom stereocenters. The number of benzene rings is 1. The van der Waals surface area contributed by atoms with Gasteiger partial charge in [0.1, 0.15) is 5.69 Å².